The quantitative estimate of drug-likeness (QED) is 0.775. The van der Waals surface area contributed by atoms with Crippen LogP contribution in [0, 0.1) is 17.5 Å². The standard InChI is InChI=1S/C13H9ClF3NO/c1-2-7-5-11(17)13(18-12(7)14)19-8-3-4-9(15)10(16)6-8/h3-6H,2H2,1H3. The molecule has 2 rings (SSSR count). The number of hydrogen-bond donors (Lipinski definition) is 0. The van der Waals surface area contributed by atoms with Crippen LogP contribution in [-0.2, 0) is 6.42 Å². The van der Waals surface area contributed by atoms with Gasteiger partial charge in [0.25, 0.3) is 5.88 Å². The maximum atomic E-state index is 13.7. The number of rotatable bonds is 3. The van der Waals surface area contributed by atoms with Crippen LogP contribution < -0.4 is 4.74 Å². The van der Waals surface area contributed by atoms with Gasteiger partial charge in [-0.25, -0.2) is 13.2 Å². The van der Waals surface area contributed by atoms with E-state index in [-0.39, 0.29) is 16.8 Å². The predicted molar refractivity (Wildman–Crippen MR) is 65.0 cm³/mol. The molecule has 1 heterocycles. The zero-order chi connectivity index (χ0) is 14.0. The smallest absolute Gasteiger partial charge is 0.257 e. The monoisotopic (exact) mass is 287 g/mol. The van der Waals surface area contributed by atoms with Gasteiger partial charge in [-0.3, -0.25) is 0 Å². The second-order valence-electron chi connectivity index (χ2n) is 3.76. The van der Waals surface area contributed by atoms with Crippen LogP contribution in [0.25, 0.3) is 0 Å². The SMILES string of the molecule is CCc1cc(F)c(Oc2ccc(F)c(F)c2)nc1Cl. The molecular formula is C13H9ClF3NO. The first-order valence-electron chi connectivity index (χ1n) is 5.49. The van der Waals surface area contributed by atoms with Crippen molar-refractivity contribution in [1.29, 1.82) is 0 Å². The molecule has 0 spiro atoms. The summed E-state index contributed by atoms with van der Waals surface area (Å²) in [5.74, 6) is -3.26. The van der Waals surface area contributed by atoms with Gasteiger partial charge in [-0.05, 0) is 30.2 Å². The normalized spacial score (nSPS) is 10.6. The molecule has 0 aliphatic rings. The molecule has 0 amide bonds. The number of hydrogen-bond acceptors (Lipinski definition) is 2. The zero-order valence-electron chi connectivity index (χ0n) is 9.88. The maximum Gasteiger partial charge on any atom is 0.257 e. The van der Waals surface area contributed by atoms with E-state index in [2.05, 4.69) is 4.98 Å². The highest BCUT2D eigenvalue weighted by Gasteiger charge is 2.12. The molecule has 6 heteroatoms. The van der Waals surface area contributed by atoms with Crippen molar-refractivity contribution >= 4 is 11.6 Å². The van der Waals surface area contributed by atoms with E-state index < -0.39 is 17.5 Å². The number of halogens is 4. The third-order valence-corrected chi connectivity index (χ3v) is 2.78. The number of nitrogens with zero attached hydrogens (tertiary/aromatic N) is 1. The highest BCUT2D eigenvalue weighted by atomic mass is 35.5. The Balaban J connectivity index is 2.32. The van der Waals surface area contributed by atoms with Crippen molar-refractivity contribution in [3.63, 3.8) is 0 Å². The lowest BCUT2D eigenvalue weighted by Crippen LogP contribution is -1.97. The van der Waals surface area contributed by atoms with Crippen molar-refractivity contribution in [2.24, 2.45) is 0 Å². The second kappa shape index (κ2) is 5.48. The van der Waals surface area contributed by atoms with E-state index in [0.29, 0.717) is 12.0 Å². The van der Waals surface area contributed by atoms with Crippen LogP contribution in [0.4, 0.5) is 13.2 Å². The number of aryl methyl sites for hydroxylation is 1. The topological polar surface area (TPSA) is 22.1 Å². The fraction of sp³-hybridized carbons (Fsp3) is 0.154. The molecule has 0 N–H and O–H groups in total. The minimum Gasteiger partial charge on any atom is -0.436 e. The lowest BCUT2D eigenvalue weighted by atomic mass is 10.2. The Kier molecular flexibility index (Phi) is 3.95. The summed E-state index contributed by atoms with van der Waals surface area (Å²) in [5.41, 5.74) is 0.539. The Morgan fingerprint density at radius 1 is 1.11 bits per heavy atom. The van der Waals surface area contributed by atoms with Crippen molar-refractivity contribution < 1.29 is 17.9 Å². The van der Waals surface area contributed by atoms with Crippen LogP contribution in [0.2, 0.25) is 5.15 Å². The number of aromatic nitrogens is 1. The molecule has 0 saturated heterocycles. The van der Waals surface area contributed by atoms with Gasteiger partial charge in [0, 0.05) is 6.07 Å². The highest BCUT2D eigenvalue weighted by molar-refractivity contribution is 6.30. The molecule has 0 atom stereocenters. The molecule has 100 valence electrons. The maximum absolute atomic E-state index is 13.7. The van der Waals surface area contributed by atoms with Crippen molar-refractivity contribution in [2.75, 3.05) is 0 Å². The van der Waals surface area contributed by atoms with E-state index in [4.69, 9.17) is 16.3 Å². The minimum atomic E-state index is -1.09. The molecule has 2 nitrogen and oxygen atoms in total. The number of ether oxygens (including phenoxy) is 1. The lowest BCUT2D eigenvalue weighted by molar-refractivity contribution is 0.414. The molecule has 0 aliphatic heterocycles. The van der Waals surface area contributed by atoms with E-state index in [0.717, 1.165) is 12.1 Å². The summed E-state index contributed by atoms with van der Waals surface area (Å²) < 4.78 is 44.4. The molecule has 0 fully saturated rings. The molecule has 0 saturated carbocycles. The average molecular weight is 288 g/mol. The molecule has 0 unspecified atom stereocenters. The van der Waals surface area contributed by atoms with Gasteiger partial charge in [0.2, 0.25) is 0 Å². The third kappa shape index (κ3) is 2.98. The first kappa shape index (κ1) is 13.7. The third-order valence-electron chi connectivity index (χ3n) is 2.46. The van der Waals surface area contributed by atoms with Crippen molar-refractivity contribution in [1.82, 2.24) is 4.98 Å². The fourth-order valence-corrected chi connectivity index (χ4v) is 1.73. The molecule has 1 aromatic carbocycles. The molecular weight excluding hydrogens is 279 g/mol. The van der Waals surface area contributed by atoms with Crippen molar-refractivity contribution in [2.45, 2.75) is 13.3 Å². The van der Waals surface area contributed by atoms with E-state index in [1.54, 1.807) is 6.92 Å². The summed E-state index contributed by atoms with van der Waals surface area (Å²) in [4.78, 5) is 3.74. The van der Waals surface area contributed by atoms with Crippen LogP contribution >= 0.6 is 11.6 Å². The minimum absolute atomic E-state index is 0.0642. The Labute approximate surface area is 112 Å². The molecule has 0 aliphatic carbocycles. The molecule has 19 heavy (non-hydrogen) atoms. The first-order chi connectivity index (χ1) is 9.01. The van der Waals surface area contributed by atoms with Crippen LogP contribution in [0.5, 0.6) is 11.6 Å². The van der Waals surface area contributed by atoms with Gasteiger partial charge in [-0.1, -0.05) is 18.5 Å². The first-order valence-corrected chi connectivity index (χ1v) is 5.87. The van der Waals surface area contributed by atoms with Crippen LogP contribution in [0.3, 0.4) is 0 Å². The average Bonchev–Trinajstić information content (AvgIpc) is 2.38. The van der Waals surface area contributed by atoms with E-state index in [1.165, 1.54) is 12.1 Å². The lowest BCUT2D eigenvalue weighted by Gasteiger charge is -2.08. The summed E-state index contributed by atoms with van der Waals surface area (Å²) >= 11 is 5.83. The van der Waals surface area contributed by atoms with Gasteiger partial charge >= 0.3 is 0 Å². The fourth-order valence-electron chi connectivity index (χ4n) is 1.46. The summed E-state index contributed by atoms with van der Waals surface area (Å²) in [6, 6.07) is 4.05. The van der Waals surface area contributed by atoms with Crippen LogP contribution in [0.1, 0.15) is 12.5 Å². The van der Waals surface area contributed by atoms with E-state index in [9.17, 15) is 13.2 Å². The van der Waals surface area contributed by atoms with Crippen LogP contribution in [-0.4, -0.2) is 4.98 Å². The van der Waals surface area contributed by atoms with Gasteiger partial charge in [0.05, 0.1) is 0 Å². The molecule has 0 radical (unpaired) electrons. The second-order valence-corrected chi connectivity index (χ2v) is 4.11. The van der Waals surface area contributed by atoms with E-state index >= 15 is 0 Å². The number of pyridine rings is 1. The molecule has 2 aromatic rings. The largest absolute Gasteiger partial charge is 0.436 e. The van der Waals surface area contributed by atoms with Gasteiger partial charge in [-0.2, -0.15) is 4.98 Å². The zero-order valence-corrected chi connectivity index (χ0v) is 10.6. The Morgan fingerprint density at radius 3 is 2.47 bits per heavy atom. The Bertz CT molecular complexity index is 619. The van der Waals surface area contributed by atoms with E-state index in [1.807, 2.05) is 0 Å². The van der Waals surface area contributed by atoms with Crippen molar-refractivity contribution in [3.8, 4) is 11.6 Å². The summed E-state index contributed by atoms with van der Waals surface area (Å²) in [6.45, 7) is 1.80. The van der Waals surface area contributed by atoms with Crippen LogP contribution in [0.15, 0.2) is 24.3 Å². The summed E-state index contributed by atoms with van der Waals surface area (Å²) in [5, 5.41) is 0.112. The molecule has 0 bridgehead atoms. The Hall–Kier alpha value is -1.75. The number of benzene rings is 1. The van der Waals surface area contributed by atoms with Gasteiger partial charge in [0.15, 0.2) is 17.5 Å². The summed E-state index contributed by atoms with van der Waals surface area (Å²) in [7, 11) is 0. The van der Waals surface area contributed by atoms with Gasteiger partial charge in [-0.15, -0.1) is 0 Å². The summed E-state index contributed by atoms with van der Waals surface area (Å²) in [6.07, 6.45) is 0.522. The predicted octanol–water partition coefficient (Wildman–Crippen LogP) is 4.51. The van der Waals surface area contributed by atoms with Crippen molar-refractivity contribution in [3.05, 3.63) is 52.4 Å². The highest BCUT2D eigenvalue weighted by Crippen LogP contribution is 2.27. The molecule has 1 aromatic heterocycles. The van der Waals surface area contributed by atoms with Gasteiger partial charge in [0.1, 0.15) is 10.9 Å². The Morgan fingerprint density at radius 2 is 1.84 bits per heavy atom. The van der Waals surface area contributed by atoms with Gasteiger partial charge < -0.3 is 4.74 Å².